The Morgan fingerprint density at radius 3 is 2.42 bits per heavy atom. The van der Waals surface area contributed by atoms with Crippen LogP contribution in [-0.2, 0) is 4.79 Å². The molecule has 1 heterocycles. The topological polar surface area (TPSA) is 30.0 Å². The van der Waals surface area contributed by atoms with Crippen molar-refractivity contribution in [3.63, 3.8) is 0 Å². The molecule has 0 saturated carbocycles. The zero-order chi connectivity index (χ0) is 13.9. The molecule has 0 amide bonds. The van der Waals surface area contributed by atoms with Crippen LogP contribution in [0.25, 0.3) is 11.3 Å². The van der Waals surface area contributed by atoms with Crippen molar-refractivity contribution in [3.05, 3.63) is 48.7 Å². The third kappa shape index (κ3) is 3.67. The summed E-state index contributed by atoms with van der Waals surface area (Å²) in [4.78, 5) is 17.2. The normalized spacial score (nSPS) is 11.3. The van der Waals surface area contributed by atoms with Crippen molar-refractivity contribution in [2.45, 2.75) is 25.7 Å². The van der Waals surface area contributed by atoms with Gasteiger partial charge in [0.2, 0.25) is 0 Å². The van der Waals surface area contributed by atoms with E-state index in [1.807, 2.05) is 51.1 Å². The number of aromatic nitrogens is 1. The van der Waals surface area contributed by atoms with Gasteiger partial charge in [-0.2, -0.15) is 0 Å². The van der Waals surface area contributed by atoms with Gasteiger partial charge in [0, 0.05) is 22.1 Å². The van der Waals surface area contributed by atoms with Crippen LogP contribution in [0, 0.1) is 11.5 Å². The van der Waals surface area contributed by atoms with Gasteiger partial charge in [0.25, 0.3) is 0 Å². The lowest BCUT2D eigenvalue weighted by Crippen LogP contribution is -2.16. The lowest BCUT2D eigenvalue weighted by Gasteiger charge is -2.15. The molecule has 0 N–H and O–H groups in total. The first-order valence-electron chi connectivity index (χ1n) is 6.11. The van der Waals surface area contributed by atoms with E-state index in [2.05, 4.69) is 11.1 Å². The Bertz CT molecular complexity index is 556. The van der Waals surface area contributed by atoms with E-state index < -0.39 is 0 Å². The highest BCUT2D eigenvalue weighted by molar-refractivity contribution is 8.13. The van der Waals surface area contributed by atoms with Crippen molar-refractivity contribution in [1.82, 2.24) is 4.98 Å². The van der Waals surface area contributed by atoms with Crippen molar-refractivity contribution >= 4 is 16.9 Å². The number of carbonyl (C=O) groups is 1. The van der Waals surface area contributed by atoms with Crippen LogP contribution in [0.1, 0.15) is 20.8 Å². The molecular weight excluding hydrogens is 254 g/mol. The van der Waals surface area contributed by atoms with Crippen LogP contribution in [0.5, 0.6) is 0 Å². The number of hydrogen-bond donors (Lipinski definition) is 0. The number of thioether (sulfide) groups is 1. The van der Waals surface area contributed by atoms with Gasteiger partial charge in [-0.25, -0.2) is 0 Å². The maximum Gasteiger partial charge on any atom is 0.198 e. The summed E-state index contributed by atoms with van der Waals surface area (Å²) in [6.07, 6.45) is 1.72. The molecular formula is C16H16NOS. The molecule has 1 aromatic heterocycles. The lowest BCUT2D eigenvalue weighted by atomic mass is 10.00. The average Bonchev–Trinajstić information content (AvgIpc) is 2.39. The van der Waals surface area contributed by atoms with Crippen LogP contribution < -0.4 is 0 Å². The third-order valence-corrected chi connectivity index (χ3v) is 3.88. The number of rotatable bonds is 2. The standard InChI is InChI=1S/C16H16NOS/c1-16(2,3)15(18)19-13-9-7-12(8-10-13)14-6-4-5-11-17-14/h5-11H,1-3H3. The Morgan fingerprint density at radius 1 is 1.21 bits per heavy atom. The second-order valence-corrected chi connectivity index (χ2v) is 6.35. The molecule has 97 valence electrons. The van der Waals surface area contributed by atoms with Crippen molar-refractivity contribution < 1.29 is 4.79 Å². The number of nitrogens with zero attached hydrogens (tertiary/aromatic N) is 1. The quantitative estimate of drug-likeness (QED) is 0.766. The van der Waals surface area contributed by atoms with Gasteiger partial charge in [-0.1, -0.05) is 44.7 Å². The minimum Gasteiger partial charge on any atom is -0.286 e. The second kappa shape index (κ2) is 5.57. The Balaban J connectivity index is 2.14. The van der Waals surface area contributed by atoms with Gasteiger partial charge in [-0.05, 0) is 30.3 Å². The van der Waals surface area contributed by atoms with E-state index in [-0.39, 0.29) is 10.5 Å². The second-order valence-electron chi connectivity index (χ2n) is 5.30. The average molecular weight is 270 g/mol. The molecule has 2 rings (SSSR count). The van der Waals surface area contributed by atoms with Crippen molar-refractivity contribution in [2.24, 2.45) is 5.41 Å². The summed E-state index contributed by atoms with van der Waals surface area (Å²) >= 11 is 1.29. The molecule has 0 unspecified atom stereocenters. The van der Waals surface area contributed by atoms with E-state index in [4.69, 9.17) is 0 Å². The van der Waals surface area contributed by atoms with E-state index in [1.54, 1.807) is 12.3 Å². The summed E-state index contributed by atoms with van der Waals surface area (Å²) < 4.78 is 0. The molecule has 0 spiro atoms. The van der Waals surface area contributed by atoms with E-state index in [1.165, 1.54) is 11.8 Å². The fourth-order valence-corrected chi connectivity index (χ4v) is 2.23. The van der Waals surface area contributed by atoms with E-state index in [9.17, 15) is 4.79 Å². The predicted molar refractivity (Wildman–Crippen MR) is 78.8 cm³/mol. The molecule has 0 saturated heterocycles. The summed E-state index contributed by atoms with van der Waals surface area (Å²) in [7, 11) is 0. The molecule has 2 nitrogen and oxygen atoms in total. The maximum absolute atomic E-state index is 11.9. The van der Waals surface area contributed by atoms with Gasteiger partial charge in [-0.3, -0.25) is 9.78 Å². The van der Waals surface area contributed by atoms with E-state index in [0.29, 0.717) is 0 Å². The molecule has 0 aliphatic rings. The summed E-state index contributed by atoms with van der Waals surface area (Å²) in [5.41, 5.74) is 1.60. The molecule has 0 fully saturated rings. The van der Waals surface area contributed by atoms with Crippen LogP contribution in [0.3, 0.4) is 0 Å². The Kier molecular flexibility index (Phi) is 4.05. The van der Waals surface area contributed by atoms with Gasteiger partial charge in [-0.15, -0.1) is 0 Å². The molecule has 1 aromatic carbocycles. The Hall–Kier alpha value is -1.61. The zero-order valence-corrected chi connectivity index (χ0v) is 12.1. The van der Waals surface area contributed by atoms with Crippen LogP contribution in [0.4, 0.5) is 0 Å². The first kappa shape index (κ1) is 13.8. The van der Waals surface area contributed by atoms with Gasteiger partial charge in [0.05, 0.1) is 5.69 Å². The largest absolute Gasteiger partial charge is 0.286 e. The van der Waals surface area contributed by atoms with Crippen LogP contribution >= 0.6 is 11.8 Å². The minimum absolute atomic E-state index is 0.173. The summed E-state index contributed by atoms with van der Waals surface area (Å²) in [6, 6.07) is 14.5. The zero-order valence-electron chi connectivity index (χ0n) is 11.3. The summed E-state index contributed by atoms with van der Waals surface area (Å²) in [5, 5.41) is 0.173. The fourth-order valence-electron chi connectivity index (χ4n) is 1.44. The first-order chi connectivity index (χ1) is 8.97. The predicted octanol–water partition coefficient (Wildman–Crippen LogP) is 4.21. The van der Waals surface area contributed by atoms with Crippen molar-refractivity contribution in [2.75, 3.05) is 0 Å². The molecule has 0 aliphatic carbocycles. The highest BCUT2D eigenvalue weighted by Gasteiger charge is 2.22. The number of benzene rings is 1. The SMILES string of the molecule is CC(C)(C)C(=O)Sc1ccc(-c2c[c]ccn2)cc1. The Labute approximate surface area is 118 Å². The smallest absolute Gasteiger partial charge is 0.198 e. The number of hydrogen-bond acceptors (Lipinski definition) is 3. The highest BCUT2D eigenvalue weighted by Crippen LogP contribution is 2.30. The number of carbonyl (C=O) groups excluding carboxylic acids is 1. The Morgan fingerprint density at radius 2 is 1.89 bits per heavy atom. The molecule has 0 aliphatic heterocycles. The molecule has 2 aromatic rings. The molecule has 0 bridgehead atoms. The first-order valence-corrected chi connectivity index (χ1v) is 6.93. The summed E-state index contributed by atoms with van der Waals surface area (Å²) in [5.74, 6) is 0. The highest BCUT2D eigenvalue weighted by atomic mass is 32.2. The van der Waals surface area contributed by atoms with Gasteiger partial charge in [0.1, 0.15) is 0 Å². The van der Waals surface area contributed by atoms with Crippen molar-refractivity contribution in [3.8, 4) is 11.3 Å². The van der Waals surface area contributed by atoms with E-state index in [0.717, 1.165) is 16.2 Å². The van der Waals surface area contributed by atoms with Gasteiger partial charge >= 0.3 is 0 Å². The van der Waals surface area contributed by atoms with Crippen LogP contribution in [-0.4, -0.2) is 10.1 Å². The van der Waals surface area contributed by atoms with Crippen LogP contribution in [0.2, 0.25) is 0 Å². The monoisotopic (exact) mass is 270 g/mol. The molecule has 1 radical (unpaired) electrons. The number of pyridine rings is 1. The maximum atomic E-state index is 11.9. The van der Waals surface area contributed by atoms with E-state index >= 15 is 0 Å². The molecule has 19 heavy (non-hydrogen) atoms. The summed E-state index contributed by atoms with van der Waals surface area (Å²) in [6.45, 7) is 5.79. The minimum atomic E-state index is -0.320. The van der Waals surface area contributed by atoms with Gasteiger partial charge < -0.3 is 0 Å². The molecule has 0 atom stereocenters. The van der Waals surface area contributed by atoms with Gasteiger partial charge in [0.15, 0.2) is 5.12 Å². The fraction of sp³-hybridized carbons (Fsp3) is 0.250. The molecule has 3 heteroatoms. The van der Waals surface area contributed by atoms with Crippen LogP contribution in [0.15, 0.2) is 47.5 Å². The van der Waals surface area contributed by atoms with Crippen molar-refractivity contribution in [1.29, 1.82) is 0 Å². The third-order valence-electron chi connectivity index (χ3n) is 2.58. The lowest BCUT2D eigenvalue weighted by molar-refractivity contribution is -0.117.